The number of amides is 1. The van der Waals surface area contributed by atoms with Crippen LogP contribution in [-0.4, -0.2) is 35.7 Å². The molecule has 2 rings (SSSR count). The number of esters is 1. The average molecular weight is 276 g/mol. The first-order valence-electron chi connectivity index (χ1n) is 6.25. The zero-order valence-corrected chi connectivity index (χ0v) is 10.7. The molecule has 5 nitrogen and oxygen atoms in total. The van der Waals surface area contributed by atoms with Crippen molar-refractivity contribution in [2.45, 2.75) is 25.1 Å². The number of alkyl halides is 1. The van der Waals surface area contributed by atoms with Gasteiger partial charge in [0, 0.05) is 6.54 Å². The van der Waals surface area contributed by atoms with E-state index in [0.29, 0.717) is 6.42 Å². The van der Waals surface area contributed by atoms with E-state index in [0.717, 1.165) is 4.90 Å². The molecule has 0 radical (unpaired) electrons. The molecule has 1 aromatic carbocycles. The molecular weight excluding hydrogens is 263 g/mol. The van der Waals surface area contributed by atoms with Crippen LogP contribution in [0.25, 0.3) is 0 Å². The SMILES string of the molecule is N#CC1C(F)CCCN1C(=O)OC(=O)c1ccccc1. The Morgan fingerprint density at radius 2 is 2.05 bits per heavy atom. The lowest BCUT2D eigenvalue weighted by Gasteiger charge is -2.32. The molecule has 0 saturated carbocycles. The fourth-order valence-corrected chi connectivity index (χ4v) is 2.08. The van der Waals surface area contributed by atoms with Crippen molar-refractivity contribution in [2.75, 3.05) is 6.54 Å². The highest BCUT2D eigenvalue weighted by Crippen LogP contribution is 2.21. The maximum absolute atomic E-state index is 13.6. The first-order chi connectivity index (χ1) is 9.63. The smallest absolute Gasteiger partial charge is 0.372 e. The third-order valence-corrected chi connectivity index (χ3v) is 3.11. The summed E-state index contributed by atoms with van der Waals surface area (Å²) in [7, 11) is 0. The molecule has 20 heavy (non-hydrogen) atoms. The van der Waals surface area contributed by atoms with E-state index in [2.05, 4.69) is 4.74 Å². The molecular formula is C14H13FN2O3. The number of benzene rings is 1. The summed E-state index contributed by atoms with van der Waals surface area (Å²) in [4.78, 5) is 24.6. The van der Waals surface area contributed by atoms with Gasteiger partial charge in [-0.15, -0.1) is 0 Å². The summed E-state index contributed by atoms with van der Waals surface area (Å²) >= 11 is 0. The molecule has 0 aliphatic carbocycles. The van der Waals surface area contributed by atoms with Crippen LogP contribution in [-0.2, 0) is 4.74 Å². The van der Waals surface area contributed by atoms with Crippen molar-refractivity contribution in [2.24, 2.45) is 0 Å². The summed E-state index contributed by atoms with van der Waals surface area (Å²) in [5.74, 6) is -0.812. The zero-order chi connectivity index (χ0) is 14.5. The van der Waals surface area contributed by atoms with Crippen LogP contribution >= 0.6 is 0 Å². The third kappa shape index (κ3) is 2.94. The average Bonchev–Trinajstić information content (AvgIpc) is 2.47. The number of carbonyl (C=O) groups is 2. The maximum Gasteiger partial charge on any atom is 0.418 e. The second kappa shape index (κ2) is 6.15. The van der Waals surface area contributed by atoms with Gasteiger partial charge in [-0.3, -0.25) is 4.90 Å². The number of nitriles is 1. The maximum atomic E-state index is 13.6. The number of halogens is 1. The van der Waals surface area contributed by atoms with Gasteiger partial charge in [-0.2, -0.15) is 5.26 Å². The molecule has 0 aromatic heterocycles. The minimum Gasteiger partial charge on any atom is -0.372 e. The lowest BCUT2D eigenvalue weighted by atomic mass is 10.0. The summed E-state index contributed by atoms with van der Waals surface area (Å²) in [5, 5.41) is 8.91. The van der Waals surface area contributed by atoms with Crippen molar-refractivity contribution in [1.82, 2.24) is 4.90 Å². The molecule has 0 spiro atoms. The van der Waals surface area contributed by atoms with Gasteiger partial charge in [0.15, 0.2) is 6.04 Å². The third-order valence-electron chi connectivity index (χ3n) is 3.11. The van der Waals surface area contributed by atoms with E-state index < -0.39 is 24.3 Å². The second-order valence-corrected chi connectivity index (χ2v) is 4.45. The minimum absolute atomic E-state index is 0.208. The number of piperidine rings is 1. The van der Waals surface area contributed by atoms with Crippen LogP contribution < -0.4 is 0 Å². The van der Waals surface area contributed by atoms with E-state index in [4.69, 9.17) is 5.26 Å². The molecule has 2 unspecified atom stereocenters. The van der Waals surface area contributed by atoms with Gasteiger partial charge in [0.1, 0.15) is 6.17 Å². The highest BCUT2D eigenvalue weighted by molar-refractivity contribution is 5.96. The molecule has 1 amide bonds. The van der Waals surface area contributed by atoms with E-state index in [9.17, 15) is 14.0 Å². The first kappa shape index (κ1) is 14.0. The van der Waals surface area contributed by atoms with Gasteiger partial charge in [-0.1, -0.05) is 18.2 Å². The molecule has 1 aliphatic rings. The fraction of sp³-hybridized carbons (Fsp3) is 0.357. The van der Waals surface area contributed by atoms with Gasteiger partial charge < -0.3 is 4.74 Å². The summed E-state index contributed by atoms with van der Waals surface area (Å²) in [5.41, 5.74) is 0.225. The van der Waals surface area contributed by atoms with Crippen LogP contribution in [0.3, 0.4) is 0 Å². The minimum atomic E-state index is -1.41. The normalized spacial score (nSPS) is 21.9. The van der Waals surface area contributed by atoms with Gasteiger partial charge >= 0.3 is 12.1 Å². The largest absolute Gasteiger partial charge is 0.418 e. The summed E-state index contributed by atoms with van der Waals surface area (Å²) in [6, 6.07) is 8.55. The molecule has 1 fully saturated rings. The Bertz CT molecular complexity index is 541. The van der Waals surface area contributed by atoms with Crippen molar-refractivity contribution in [3.63, 3.8) is 0 Å². The Balaban J connectivity index is 2.04. The van der Waals surface area contributed by atoms with Crippen LogP contribution in [0.15, 0.2) is 30.3 Å². The highest BCUT2D eigenvalue weighted by Gasteiger charge is 2.36. The van der Waals surface area contributed by atoms with Crippen LogP contribution in [0.1, 0.15) is 23.2 Å². The predicted molar refractivity (Wildman–Crippen MR) is 67.5 cm³/mol. The Morgan fingerprint density at radius 3 is 2.70 bits per heavy atom. The molecule has 0 bridgehead atoms. The van der Waals surface area contributed by atoms with E-state index in [-0.39, 0.29) is 18.5 Å². The number of hydrogen-bond acceptors (Lipinski definition) is 4. The number of nitrogens with zero attached hydrogens (tertiary/aromatic N) is 2. The fourth-order valence-electron chi connectivity index (χ4n) is 2.08. The summed E-state index contributed by atoms with van der Waals surface area (Å²) in [6.07, 6.45) is -1.72. The van der Waals surface area contributed by atoms with Gasteiger partial charge in [0.2, 0.25) is 0 Å². The van der Waals surface area contributed by atoms with Gasteiger partial charge in [0.25, 0.3) is 0 Å². The monoisotopic (exact) mass is 276 g/mol. The van der Waals surface area contributed by atoms with Crippen molar-refractivity contribution in [3.8, 4) is 6.07 Å². The summed E-state index contributed by atoms with van der Waals surface area (Å²) in [6.45, 7) is 0.208. The molecule has 1 aromatic rings. The Labute approximate surface area is 115 Å². The van der Waals surface area contributed by atoms with Crippen molar-refractivity contribution >= 4 is 12.1 Å². The molecule has 2 atom stereocenters. The molecule has 6 heteroatoms. The van der Waals surface area contributed by atoms with Gasteiger partial charge in [0.05, 0.1) is 11.6 Å². The van der Waals surface area contributed by atoms with Gasteiger partial charge in [-0.05, 0) is 25.0 Å². The molecule has 0 N–H and O–H groups in total. The van der Waals surface area contributed by atoms with Crippen molar-refractivity contribution < 1.29 is 18.7 Å². The Kier molecular flexibility index (Phi) is 4.31. The first-order valence-corrected chi connectivity index (χ1v) is 6.25. The topological polar surface area (TPSA) is 70.4 Å². The number of ether oxygens (including phenoxy) is 1. The number of hydrogen-bond donors (Lipinski definition) is 0. The van der Waals surface area contributed by atoms with Crippen molar-refractivity contribution in [1.29, 1.82) is 5.26 Å². The Hall–Kier alpha value is -2.42. The van der Waals surface area contributed by atoms with Crippen LogP contribution in [0, 0.1) is 11.3 Å². The van der Waals surface area contributed by atoms with E-state index in [1.54, 1.807) is 24.3 Å². The predicted octanol–water partition coefficient (Wildman–Crippen LogP) is 2.29. The molecule has 1 saturated heterocycles. The Morgan fingerprint density at radius 1 is 1.35 bits per heavy atom. The summed E-state index contributed by atoms with van der Waals surface area (Å²) < 4.78 is 18.2. The van der Waals surface area contributed by atoms with Crippen LogP contribution in [0.2, 0.25) is 0 Å². The van der Waals surface area contributed by atoms with Crippen LogP contribution in [0.4, 0.5) is 9.18 Å². The zero-order valence-electron chi connectivity index (χ0n) is 10.7. The molecule has 1 heterocycles. The molecule has 1 aliphatic heterocycles. The van der Waals surface area contributed by atoms with E-state index in [1.807, 2.05) is 0 Å². The lowest BCUT2D eigenvalue weighted by Crippen LogP contribution is -2.49. The van der Waals surface area contributed by atoms with Gasteiger partial charge in [-0.25, -0.2) is 14.0 Å². The van der Waals surface area contributed by atoms with Crippen LogP contribution in [0.5, 0.6) is 0 Å². The molecule has 104 valence electrons. The van der Waals surface area contributed by atoms with Crippen molar-refractivity contribution in [3.05, 3.63) is 35.9 Å². The quantitative estimate of drug-likeness (QED) is 0.583. The van der Waals surface area contributed by atoms with E-state index >= 15 is 0 Å². The lowest BCUT2D eigenvalue weighted by molar-refractivity contribution is 0.0416. The standard InChI is InChI=1S/C14H13FN2O3/c15-11-7-4-8-17(12(11)9-16)14(19)20-13(18)10-5-2-1-3-6-10/h1-3,5-6,11-12H,4,7-8H2. The number of rotatable bonds is 1. The van der Waals surface area contributed by atoms with E-state index in [1.165, 1.54) is 12.1 Å². The highest BCUT2D eigenvalue weighted by atomic mass is 19.1. The number of carbonyl (C=O) groups excluding carboxylic acids is 2. The number of likely N-dealkylation sites (tertiary alicyclic amines) is 1. The second-order valence-electron chi connectivity index (χ2n) is 4.45.